The summed E-state index contributed by atoms with van der Waals surface area (Å²) in [6.45, 7) is 4.87. The van der Waals surface area contributed by atoms with Gasteiger partial charge in [-0.1, -0.05) is 70.2 Å². The topological polar surface area (TPSA) is 45.6 Å². The Kier molecular flexibility index (Phi) is 9.15. The molecule has 196 valence electrons. The molecule has 2 heterocycles. The molecule has 5 nitrogen and oxygen atoms in total. The Bertz CT molecular complexity index is 1190. The van der Waals surface area contributed by atoms with Crippen molar-refractivity contribution in [3.05, 3.63) is 83.9 Å². The summed E-state index contributed by atoms with van der Waals surface area (Å²) in [7, 11) is 0. The van der Waals surface area contributed by atoms with Gasteiger partial charge in [0.05, 0.1) is 17.1 Å². The molecule has 0 saturated heterocycles. The average Bonchev–Trinajstić information content (AvgIpc) is 3.40. The van der Waals surface area contributed by atoms with Crippen molar-refractivity contribution in [1.29, 1.82) is 0 Å². The molecule has 0 aliphatic carbocycles. The first-order chi connectivity index (χ1) is 18.0. The van der Waals surface area contributed by atoms with Gasteiger partial charge < -0.3 is 9.47 Å². The predicted molar refractivity (Wildman–Crippen MR) is 146 cm³/mol. The van der Waals surface area contributed by atoms with E-state index in [2.05, 4.69) is 18.4 Å². The van der Waals surface area contributed by atoms with Crippen LogP contribution in [0.3, 0.4) is 0 Å². The Morgan fingerprint density at radius 1 is 0.838 bits per heavy atom. The molecule has 1 aliphatic rings. The first kappa shape index (κ1) is 26.6. The molecule has 1 aliphatic heterocycles. The van der Waals surface area contributed by atoms with Crippen LogP contribution in [0.1, 0.15) is 82.5 Å². The minimum atomic E-state index is -0.421. The maximum Gasteiger partial charge on any atom is 0.247 e. The average molecular weight is 504 g/mol. The fourth-order valence-corrected chi connectivity index (χ4v) is 5.14. The number of amides is 2. The smallest absolute Gasteiger partial charge is 0.247 e. The van der Waals surface area contributed by atoms with Crippen molar-refractivity contribution in [2.24, 2.45) is 0 Å². The van der Waals surface area contributed by atoms with Crippen LogP contribution in [0.15, 0.2) is 66.9 Å². The first-order valence-electron chi connectivity index (χ1n) is 13.7. The summed E-state index contributed by atoms with van der Waals surface area (Å²) >= 11 is 0. The number of para-hydroxylation sites is 2. The number of aromatic nitrogens is 1. The van der Waals surface area contributed by atoms with Crippen LogP contribution in [0.25, 0.3) is 5.69 Å². The highest BCUT2D eigenvalue weighted by molar-refractivity contribution is 6.00. The minimum Gasteiger partial charge on any atom is -0.333 e. The zero-order valence-electron chi connectivity index (χ0n) is 22.0. The van der Waals surface area contributed by atoms with E-state index in [1.807, 2.05) is 42.6 Å². The number of unbranched alkanes of at least 4 members (excludes halogenated alkanes) is 5. The third kappa shape index (κ3) is 6.12. The fraction of sp³-hybridized carbons (Fsp3) is 0.419. The molecular weight excluding hydrogens is 465 g/mol. The van der Waals surface area contributed by atoms with Gasteiger partial charge in [0.1, 0.15) is 18.4 Å². The number of carbonyl (C=O) groups is 2. The Balaban J connectivity index is 1.63. The van der Waals surface area contributed by atoms with E-state index in [-0.39, 0.29) is 24.2 Å². The highest BCUT2D eigenvalue weighted by atomic mass is 19.1. The summed E-state index contributed by atoms with van der Waals surface area (Å²) in [6, 6.07) is 17.7. The summed E-state index contributed by atoms with van der Waals surface area (Å²) < 4.78 is 15.9. The number of rotatable bonds is 12. The normalized spacial score (nSPS) is 14.2. The van der Waals surface area contributed by atoms with Crippen molar-refractivity contribution in [2.75, 3.05) is 18.0 Å². The summed E-state index contributed by atoms with van der Waals surface area (Å²) in [5, 5.41) is 0. The van der Waals surface area contributed by atoms with Crippen LogP contribution in [-0.4, -0.2) is 34.4 Å². The van der Waals surface area contributed by atoms with Crippen LogP contribution in [0.2, 0.25) is 0 Å². The van der Waals surface area contributed by atoms with Crippen molar-refractivity contribution in [3.8, 4) is 5.69 Å². The molecule has 3 aromatic rings. The van der Waals surface area contributed by atoms with E-state index in [1.165, 1.54) is 25.0 Å². The summed E-state index contributed by atoms with van der Waals surface area (Å²) in [4.78, 5) is 30.8. The third-order valence-electron chi connectivity index (χ3n) is 7.13. The van der Waals surface area contributed by atoms with Gasteiger partial charge in [-0.15, -0.1) is 0 Å². The fourth-order valence-electron chi connectivity index (χ4n) is 5.14. The number of hydrogen-bond acceptors (Lipinski definition) is 2. The maximum atomic E-state index is 14.1. The van der Waals surface area contributed by atoms with Crippen LogP contribution in [0.5, 0.6) is 0 Å². The predicted octanol–water partition coefficient (Wildman–Crippen LogP) is 7.04. The number of fused-ring (bicyclic) bond motifs is 3. The second-order valence-electron chi connectivity index (χ2n) is 9.84. The van der Waals surface area contributed by atoms with E-state index in [0.29, 0.717) is 13.0 Å². The van der Waals surface area contributed by atoms with Crippen LogP contribution in [-0.2, 0) is 9.59 Å². The van der Waals surface area contributed by atoms with Gasteiger partial charge >= 0.3 is 0 Å². The number of nitrogens with zero attached hydrogens (tertiary/aromatic N) is 3. The quantitative estimate of drug-likeness (QED) is 0.249. The molecule has 0 spiro atoms. The standard InChI is InChI=1S/C31H38FN3O2/c1-3-5-7-8-9-16-29(36)33(21-6-4-2)23-30(37)35-27-14-11-10-13-26(27)34-22-12-15-28(34)31(35)24-17-19-25(32)20-18-24/h10-15,17-20,22,31H,3-9,16,21,23H2,1-2H3. The molecule has 0 bridgehead atoms. The molecule has 1 unspecified atom stereocenters. The van der Waals surface area contributed by atoms with E-state index < -0.39 is 6.04 Å². The number of benzene rings is 2. The zero-order valence-corrected chi connectivity index (χ0v) is 22.0. The SMILES string of the molecule is CCCCCCCC(=O)N(CCCC)CC(=O)N1c2ccccc2-n2cccc2C1c1ccc(F)cc1. The molecule has 4 rings (SSSR count). The number of carbonyl (C=O) groups excluding carboxylic acids is 2. The second kappa shape index (κ2) is 12.7. The number of anilines is 1. The molecule has 0 saturated carbocycles. The van der Waals surface area contributed by atoms with Crippen LogP contribution >= 0.6 is 0 Å². The molecule has 6 heteroatoms. The van der Waals surface area contributed by atoms with Crippen molar-refractivity contribution in [1.82, 2.24) is 9.47 Å². The lowest BCUT2D eigenvalue weighted by atomic mass is 9.97. The Morgan fingerprint density at radius 3 is 2.27 bits per heavy atom. The van der Waals surface area contributed by atoms with E-state index in [0.717, 1.165) is 54.7 Å². The lowest BCUT2D eigenvalue weighted by Crippen LogP contribution is -2.47. The number of hydrogen-bond donors (Lipinski definition) is 0. The van der Waals surface area contributed by atoms with Gasteiger partial charge in [-0.3, -0.25) is 14.5 Å². The van der Waals surface area contributed by atoms with Crippen molar-refractivity contribution < 1.29 is 14.0 Å². The van der Waals surface area contributed by atoms with Crippen LogP contribution < -0.4 is 4.90 Å². The highest BCUT2D eigenvalue weighted by Gasteiger charge is 2.36. The van der Waals surface area contributed by atoms with Crippen LogP contribution in [0.4, 0.5) is 10.1 Å². The van der Waals surface area contributed by atoms with Gasteiger partial charge in [0.25, 0.3) is 0 Å². The zero-order chi connectivity index (χ0) is 26.2. The van der Waals surface area contributed by atoms with Gasteiger partial charge in [-0.2, -0.15) is 0 Å². The largest absolute Gasteiger partial charge is 0.333 e. The molecule has 37 heavy (non-hydrogen) atoms. The van der Waals surface area contributed by atoms with Gasteiger partial charge in [-0.05, 0) is 54.8 Å². The van der Waals surface area contributed by atoms with E-state index in [9.17, 15) is 14.0 Å². The molecule has 0 N–H and O–H groups in total. The highest BCUT2D eigenvalue weighted by Crippen LogP contribution is 2.42. The third-order valence-corrected chi connectivity index (χ3v) is 7.13. The molecular formula is C31H38FN3O2. The van der Waals surface area contributed by atoms with Gasteiger partial charge in [0.15, 0.2) is 0 Å². The van der Waals surface area contributed by atoms with Gasteiger partial charge in [-0.25, -0.2) is 4.39 Å². The van der Waals surface area contributed by atoms with E-state index in [1.54, 1.807) is 21.9 Å². The molecule has 0 radical (unpaired) electrons. The molecule has 1 aromatic heterocycles. The Labute approximate surface area is 219 Å². The summed E-state index contributed by atoms with van der Waals surface area (Å²) in [5.74, 6) is -0.404. The number of halogens is 1. The summed E-state index contributed by atoms with van der Waals surface area (Å²) in [6.07, 6.45) is 9.66. The van der Waals surface area contributed by atoms with Crippen molar-refractivity contribution in [3.63, 3.8) is 0 Å². The van der Waals surface area contributed by atoms with Crippen molar-refractivity contribution in [2.45, 2.75) is 71.3 Å². The first-order valence-corrected chi connectivity index (χ1v) is 13.7. The van der Waals surface area contributed by atoms with E-state index >= 15 is 0 Å². The monoisotopic (exact) mass is 503 g/mol. The maximum absolute atomic E-state index is 14.1. The molecule has 2 aromatic carbocycles. The van der Waals surface area contributed by atoms with Crippen LogP contribution in [0, 0.1) is 5.82 Å². The lowest BCUT2D eigenvalue weighted by Gasteiger charge is -2.39. The minimum absolute atomic E-state index is 0.0283. The van der Waals surface area contributed by atoms with Gasteiger partial charge in [0, 0.05) is 19.2 Å². The second-order valence-corrected chi connectivity index (χ2v) is 9.84. The molecule has 0 fully saturated rings. The lowest BCUT2D eigenvalue weighted by molar-refractivity contribution is -0.135. The molecule has 2 amide bonds. The summed E-state index contributed by atoms with van der Waals surface area (Å²) in [5.41, 5.74) is 3.46. The van der Waals surface area contributed by atoms with E-state index in [4.69, 9.17) is 0 Å². The molecule has 1 atom stereocenters. The van der Waals surface area contributed by atoms with Gasteiger partial charge in [0.2, 0.25) is 11.8 Å². The van der Waals surface area contributed by atoms with Crippen molar-refractivity contribution >= 4 is 17.5 Å². The Morgan fingerprint density at radius 2 is 1.54 bits per heavy atom. The Hall–Kier alpha value is -3.41.